The molecule has 0 heterocycles. The first kappa shape index (κ1) is 38.4. The molecule has 0 aromatic heterocycles. The van der Waals surface area contributed by atoms with Crippen molar-refractivity contribution in [2.24, 2.45) is 0 Å². The van der Waals surface area contributed by atoms with E-state index in [0.717, 1.165) is 17.1 Å². The first-order valence-corrected chi connectivity index (χ1v) is 22.6. The van der Waals surface area contributed by atoms with Crippen molar-refractivity contribution >= 4 is 38.6 Å². The van der Waals surface area contributed by atoms with Crippen LogP contribution in [0.1, 0.15) is 23.6 Å². The van der Waals surface area contributed by atoms with Gasteiger partial charge in [0.25, 0.3) is 0 Å². The van der Waals surface area contributed by atoms with Gasteiger partial charge >= 0.3 is 0 Å². The summed E-state index contributed by atoms with van der Waals surface area (Å²) in [5.74, 6) is 0. The molecule has 0 bridgehead atoms. The highest BCUT2D eigenvalue weighted by Crippen LogP contribution is 2.56. The van der Waals surface area contributed by atoms with Crippen LogP contribution in [0.4, 0.5) is 17.1 Å². The van der Waals surface area contributed by atoms with E-state index in [2.05, 4.69) is 267 Å². The van der Waals surface area contributed by atoms with Crippen LogP contribution < -0.4 is 4.90 Å². The molecule has 0 saturated carbocycles. The SMILES string of the molecule is CC1(c2ccccc2)c2ccccc2-c2c(N(c3ccc(-c4ccc(-c5ccc6ccccc6c5)cc4)cc3)c3cccc(-c4ccc(-c5cccc6ccccc56)cc4)c3)cccc21. The van der Waals surface area contributed by atoms with Crippen molar-refractivity contribution in [3.05, 3.63) is 271 Å². The molecule has 11 aromatic rings. The Morgan fingerprint density at radius 1 is 0.308 bits per heavy atom. The van der Waals surface area contributed by atoms with Crippen LogP contribution in [0, 0.1) is 0 Å². The number of fused-ring (bicyclic) bond motifs is 5. The lowest BCUT2D eigenvalue weighted by Crippen LogP contribution is -2.22. The molecule has 0 aliphatic heterocycles. The van der Waals surface area contributed by atoms with Gasteiger partial charge in [0.2, 0.25) is 0 Å². The lowest BCUT2D eigenvalue weighted by Gasteiger charge is -2.31. The third-order valence-electron chi connectivity index (χ3n) is 13.8. The van der Waals surface area contributed by atoms with Crippen molar-refractivity contribution < 1.29 is 0 Å². The fourth-order valence-corrected chi connectivity index (χ4v) is 10.4. The normalized spacial score (nSPS) is 14.0. The van der Waals surface area contributed by atoms with Crippen LogP contribution in [0.5, 0.6) is 0 Å². The average Bonchev–Trinajstić information content (AvgIpc) is 3.65. The van der Waals surface area contributed by atoms with Crippen LogP contribution in [0.15, 0.2) is 255 Å². The van der Waals surface area contributed by atoms with Gasteiger partial charge in [0.15, 0.2) is 0 Å². The van der Waals surface area contributed by atoms with E-state index in [-0.39, 0.29) is 5.41 Å². The number of hydrogen-bond acceptors (Lipinski definition) is 1. The van der Waals surface area contributed by atoms with Gasteiger partial charge in [-0.2, -0.15) is 0 Å². The first-order chi connectivity index (χ1) is 32.1. The van der Waals surface area contributed by atoms with Crippen LogP contribution in [-0.4, -0.2) is 0 Å². The van der Waals surface area contributed by atoms with E-state index in [9.17, 15) is 0 Å². The van der Waals surface area contributed by atoms with Gasteiger partial charge < -0.3 is 4.90 Å². The van der Waals surface area contributed by atoms with Crippen LogP contribution in [-0.2, 0) is 5.41 Å². The lowest BCUT2D eigenvalue weighted by molar-refractivity contribution is 0.714. The van der Waals surface area contributed by atoms with Gasteiger partial charge in [-0.1, -0.05) is 218 Å². The summed E-state index contributed by atoms with van der Waals surface area (Å²) in [6.45, 7) is 2.39. The summed E-state index contributed by atoms with van der Waals surface area (Å²) in [5, 5.41) is 5.04. The van der Waals surface area contributed by atoms with Gasteiger partial charge in [0, 0.05) is 22.4 Å². The van der Waals surface area contributed by atoms with Crippen LogP contribution in [0.3, 0.4) is 0 Å². The van der Waals surface area contributed by atoms with E-state index in [0.29, 0.717) is 0 Å². The molecule has 0 radical (unpaired) electrons. The average molecular weight is 828 g/mol. The second-order valence-corrected chi connectivity index (χ2v) is 17.4. The maximum absolute atomic E-state index is 2.47. The molecule has 0 N–H and O–H groups in total. The highest BCUT2D eigenvalue weighted by atomic mass is 15.1. The van der Waals surface area contributed by atoms with Gasteiger partial charge in [-0.05, 0) is 132 Å². The molecule has 0 amide bonds. The van der Waals surface area contributed by atoms with Crippen molar-refractivity contribution in [1.82, 2.24) is 0 Å². The van der Waals surface area contributed by atoms with E-state index < -0.39 is 0 Å². The third kappa shape index (κ3) is 6.64. The first-order valence-electron chi connectivity index (χ1n) is 22.6. The second kappa shape index (κ2) is 15.8. The summed E-state index contributed by atoms with van der Waals surface area (Å²) < 4.78 is 0. The Kier molecular flexibility index (Phi) is 9.35. The van der Waals surface area contributed by atoms with Crippen molar-refractivity contribution in [2.75, 3.05) is 4.90 Å². The molecule has 1 aliphatic carbocycles. The lowest BCUT2D eigenvalue weighted by atomic mass is 9.74. The Balaban J connectivity index is 0.958. The van der Waals surface area contributed by atoms with Crippen molar-refractivity contribution in [2.45, 2.75) is 12.3 Å². The molecule has 306 valence electrons. The topological polar surface area (TPSA) is 3.24 Å². The van der Waals surface area contributed by atoms with E-state index in [1.165, 1.54) is 93.9 Å². The summed E-state index contributed by atoms with van der Waals surface area (Å²) in [7, 11) is 0. The summed E-state index contributed by atoms with van der Waals surface area (Å²) in [5.41, 5.74) is 19.2. The maximum Gasteiger partial charge on any atom is 0.0543 e. The molecule has 1 aliphatic rings. The molecule has 1 unspecified atom stereocenters. The summed E-state index contributed by atoms with van der Waals surface area (Å²) in [4.78, 5) is 2.47. The number of benzene rings is 11. The fraction of sp³-hybridized carbons (Fsp3) is 0.0312. The fourth-order valence-electron chi connectivity index (χ4n) is 10.4. The predicted molar refractivity (Wildman–Crippen MR) is 275 cm³/mol. The van der Waals surface area contributed by atoms with Crippen molar-refractivity contribution in [3.8, 4) is 55.6 Å². The molecule has 12 rings (SSSR count). The minimum atomic E-state index is -0.314. The predicted octanol–water partition coefficient (Wildman–Crippen LogP) is 17.5. The minimum Gasteiger partial charge on any atom is -0.310 e. The Hall–Kier alpha value is -8.26. The van der Waals surface area contributed by atoms with Crippen molar-refractivity contribution in [1.29, 1.82) is 0 Å². The largest absolute Gasteiger partial charge is 0.310 e. The molecule has 1 nitrogen and oxygen atoms in total. The van der Waals surface area contributed by atoms with Gasteiger partial charge in [0.1, 0.15) is 0 Å². The quantitative estimate of drug-likeness (QED) is 0.147. The Bertz CT molecular complexity index is 3530. The molecule has 0 spiro atoms. The minimum absolute atomic E-state index is 0.314. The maximum atomic E-state index is 2.47. The highest BCUT2D eigenvalue weighted by Gasteiger charge is 2.42. The van der Waals surface area contributed by atoms with Gasteiger partial charge in [-0.15, -0.1) is 0 Å². The zero-order valence-electron chi connectivity index (χ0n) is 36.2. The summed E-state index contributed by atoms with van der Waals surface area (Å²) >= 11 is 0. The van der Waals surface area contributed by atoms with E-state index in [1.807, 2.05) is 0 Å². The molecular weight excluding hydrogens is 783 g/mol. The number of nitrogens with zero attached hydrogens (tertiary/aromatic N) is 1. The molecule has 65 heavy (non-hydrogen) atoms. The Morgan fingerprint density at radius 3 is 1.60 bits per heavy atom. The second-order valence-electron chi connectivity index (χ2n) is 17.4. The summed E-state index contributed by atoms with van der Waals surface area (Å²) in [6, 6.07) is 93.5. The van der Waals surface area contributed by atoms with Crippen LogP contribution >= 0.6 is 0 Å². The van der Waals surface area contributed by atoms with Gasteiger partial charge in [0.05, 0.1) is 5.69 Å². The molecule has 1 atom stereocenters. The molecule has 0 saturated heterocycles. The summed E-state index contributed by atoms with van der Waals surface area (Å²) in [6.07, 6.45) is 0. The number of anilines is 3. The monoisotopic (exact) mass is 827 g/mol. The highest BCUT2D eigenvalue weighted by molar-refractivity contribution is 5.98. The van der Waals surface area contributed by atoms with Gasteiger partial charge in [-0.25, -0.2) is 0 Å². The zero-order valence-corrected chi connectivity index (χ0v) is 36.2. The molecule has 0 fully saturated rings. The Labute approximate surface area is 381 Å². The molecule has 11 aromatic carbocycles. The van der Waals surface area contributed by atoms with Crippen LogP contribution in [0.25, 0.3) is 77.2 Å². The standard InChI is InChI=1S/C64H45N/c1-64(54-19-3-2-4-20-54)60-25-10-9-23-59(60)63-61(64)26-13-27-62(63)65(55-40-38-46(39-41-55)45-28-30-48(31-29-45)53-37-34-44-14-5-6-16-51(44)42-53)56-21-11-18-52(43-56)47-32-35-50(36-33-47)58-24-12-17-49-15-7-8-22-57(49)58/h2-43H,1H3. The zero-order chi connectivity index (χ0) is 43.3. The van der Waals surface area contributed by atoms with Gasteiger partial charge in [-0.3, -0.25) is 0 Å². The third-order valence-corrected chi connectivity index (χ3v) is 13.8. The molecular formula is C64H45N. The van der Waals surface area contributed by atoms with E-state index >= 15 is 0 Å². The van der Waals surface area contributed by atoms with E-state index in [4.69, 9.17) is 0 Å². The van der Waals surface area contributed by atoms with E-state index in [1.54, 1.807) is 0 Å². The number of rotatable bonds is 8. The Morgan fingerprint density at radius 2 is 0.831 bits per heavy atom. The molecule has 1 heteroatoms. The number of hydrogen-bond donors (Lipinski definition) is 0. The smallest absolute Gasteiger partial charge is 0.0543 e. The van der Waals surface area contributed by atoms with Crippen LogP contribution in [0.2, 0.25) is 0 Å². The van der Waals surface area contributed by atoms with Crippen molar-refractivity contribution in [3.63, 3.8) is 0 Å².